The van der Waals surface area contributed by atoms with E-state index in [-0.39, 0.29) is 0 Å². The highest BCUT2D eigenvalue weighted by atomic mass is 32.2. The van der Waals surface area contributed by atoms with Gasteiger partial charge < -0.3 is 15.2 Å². The molecular formula is C17H25NO3S. The second-order valence-electron chi connectivity index (χ2n) is 5.72. The SMILES string of the molecule is CSCC[C@H](NCc1cccc(OC2CCCC2)c1)C(=O)O. The van der Waals surface area contributed by atoms with E-state index >= 15 is 0 Å². The molecule has 1 aliphatic carbocycles. The van der Waals surface area contributed by atoms with E-state index in [1.54, 1.807) is 11.8 Å². The molecule has 4 nitrogen and oxygen atoms in total. The number of nitrogens with one attached hydrogen (secondary N) is 1. The number of hydrogen-bond acceptors (Lipinski definition) is 4. The molecule has 122 valence electrons. The maximum absolute atomic E-state index is 11.2. The van der Waals surface area contributed by atoms with Crippen molar-refractivity contribution in [3.8, 4) is 5.75 Å². The van der Waals surface area contributed by atoms with Gasteiger partial charge in [0.05, 0.1) is 6.10 Å². The molecule has 5 heteroatoms. The van der Waals surface area contributed by atoms with Gasteiger partial charge in [-0.2, -0.15) is 11.8 Å². The predicted octanol–water partition coefficient (Wildman–Crippen LogP) is 3.30. The molecule has 0 aromatic heterocycles. The number of carboxylic acids is 1. The summed E-state index contributed by atoms with van der Waals surface area (Å²) in [4.78, 5) is 11.2. The fourth-order valence-corrected chi connectivity index (χ4v) is 3.19. The summed E-state index contributed by atoms with van der Waals surface area (Å²) in [6, 6.07) is 7.47. The molecule has 0 aliphatic heterocycles. The number of benzene rings is 1. The molecule has 1 atom stereocenters. The van der Waals surface area contributed by atoms with E-state index in [0.29, 0.717) is 19.1 Å². The lowest BCUT2D eigenvalue weighted by atomic mass is 10.1. The molecule has 22 heavy (non-hydrogen) atoms. The highest BCUT2D eigenvalue weighted by Gasteiger charge is 2.17. The summed E-state index contributed by atoms with van der Waals surface area (Å²) in [5, 5.41) is 12.3. The summed E-state index contributed by atoms with van der Waals surface area (Å²) in [7, 11) is 0. The molecule has 1 fully saturated rings. The summed E-state index contributed by atoms with van der Waals surface area (Å²) in [6.45, 7) is 0.549. The molecule has 0 spiro atoms. The van der Waals surface area contributed by atoms with Gasteiger partial charge in [0.1, 0.15) is 11.8 Å². The highest BCUT2D eigenvalue weighted by molar-refractivity contribution is 7.98. The molecule has 0 unspecified atom stereocenters. The Bertz CT molecular complexity index is 475. The average molecular weight is 323 g/mol. The van der Waals surface area contributed by atoms with Gasteiger partial charge in [-0.05, 0) is 61.8 Å². The van der Waals surface area contributed by atoms with E-state index in [1.807, 2.05) is 30.5 Å². The minimum absolute atomic E-state index is 0.344. The molecule has 0 radical (unpaired) electrons. The third kappa shape index (κ3) is 5.54. The average Bonchev–Trinajstić information content (AvgIpc) is 3.00. The van der Waals surface area contributed by atoms with Crippen molar-refractivity contribution in [2.45, 2.75) is 50.8 Å². The second-order valence-corrected chi connectivity index (χ2v) is 6.71. The molecule has 1 aromatic rings. The number of aliphatic carboxylic acids is 1. The first-order chi connectivity index (χ1) is 10.7. The largest absolute Gasteiger partial charge is 0.490 e. The Labute approximate surface area is 136 Å². The zero-order chi connectivity index (χ0) is 15.8. The Balaban J connectivity index is 1.87. The van der Waals surface area contributed by atoms with Crippen LogP contribution < -0.4 is 10.1 Å². The minimum atomic E-state index is -0.785. The third-order valence-electron chi connectivity index (χ3n) is 3.96. The monoisotopic (exact) mass is 323 g/mol. The van der Waals surface area contributed by atoms with Crippen LogP contribution in [0.25, 0.3) is 0 Å². The smallest absolute Gasteiger partial charge is 0.320 e. The summed E-state index contributed by atoms with van der Waals surface area (Å²) < 4.78 is 5.99. The third-order valence-corrected chi connectivity index (χ3v) is 4.61. The van der Waals surface area contributed by atoms with Crippen LogP contribution >= 0.6 is 11.8 Å². The molecule has 2 rings (SSSR count). The minimum Gasteiger partial charge on any atom is -0.490 e. The van der Waals surface area contributed by atoms with Crippen molar-refractivity contribution in [3.05, 3.63) is 29.8 Å². The fourth-order valence-electron chi connectivity index (χ4n) is 2.72. The van der Waals surface area contributed by atoms with Crippen molar-refractivity contribution in [1.82, 2.24) is 5.32 Å². The topological polar surface area (TPSA) is 58.6 Å². The van der Waals surface area contributed by atoms with Gasteiger partial charge in [0, 0.05) is 6.54 Å². The van der Waals surface area contributed by atoms with Crippen LogP contribution in [0.3, 0.4) is 0 Å². The molecule has 1 aliphatic rings. The van der Waals surface area contributed by atoms with Gasteiger partial charge >= 0.3 is 5.97 Å². The Morgan fingerprint density at radius 2 is 2.23 bits per heavy atom. The van der Waals surface area contributed by atoms with Gasteiger partial charge in [-0.25, -0.2) is 0 Å². The van der Waals surface area contributed by atoms with Crippen LogP contribution in [0.2, 0.25) is 0 Å². The quantitative estimate of drug-likeness (QED) is 0.730. The molecule has 0 amide bonds. The Hall–Kier alpha value is -1.20. The summed E-state index contributed by atoms with van der Waals surface area (Å²) in [5.74, 6) is 0.948. The van der Waals surface area contributed by atoms with E-state index < -0.39 is 12.0 Å². The maximum Gasteiger partial charge on any atom is 0.320 e. The maximum atomic E-state index is 11.2. The number of ether oxygens (including phenoxy) is 1. The van der Waals surface area contributed by atoms with Crippen molar-refractivity contribution in [3.63, 3.8) is 0 Å². The molecular weight excluding hydrogens is 298 g/mol. The van der Waals surface area contributed by atoms with E-state index in [9.17, 15) is 9.90 Å². The Morgan fingerprint density at radius 1 is 1.45 bits per heavy atom. The highest BCUT2D eigenvalue weighted by Crippen LogP contribution is 2.24. The second kappa shape index (κ2) is 9.06. The molecule has 1 aromatic carbocycles. The lowest BCUT2D eigenvalue weighted by molar-refractivity contribution is -0.139. The number of carboxylic acid groups (broad SMARTS) is 1. The number of carbonyl (C=O) groups is 1. The van der Waals surface area contributed by atoms with Crippen LogP contribution in [0.4, 0.5) is 0 Å². The zero-order valence-corrected chi connectivity index (χ0v) is 13.9. The summed E-state index contributed by atoms with van der Waals surface area (Å²) >= 11 is 1.67. The molecule has 0 heterocycles. The van der Waals surface area contributed by atoms with Crippen molar-refractivity contribution in [1.29, 1.82) is 0 Å². The van der Waals surface area contributed by atoms with E-state index in [4.69, 9.17) is 4.74 Å². The van der Waals surface area contributed by atoms with Gasteiger partial charge in [-0.1, -0.05) is 12.1 Å². The first kappa shape index (κ1) is 17.2. The van der Waals surface area contributed by atoms with E-state index in [2.05, 4.69) is 5.32 Å². The zero-order valence-electron chi connectivity index (χ0n) is 13.1. The van der Waals surface area contributed by atoms with Crippen LogP contribution in [-0.2, 0) is 11.3 Å². The number of thioether (sulfide) groups is 1. The van der Waals surface area contributed by atoms with E-state index in [0.717, 1.165) is 29.9 Å². The van der Waals surface area contributed by atoms with Gasteiger partial charge in [-0.3, -0.25) is 4.79 Å². The number of hydrogen-bond donors (Lipinski definition) is 2. The summed E-state index contributed by atoms with van der Waals surface area (Å²) in [6.07, 6.45) is 7.74. The van der Waals surface area contributed by atoms with Crippen molar-refractivity contribution in [2.75, 3.05) is 12.0 Å². The normalized spacial score (nSPS) is 16.6. The first-order valence-corrected chi connectivity index (χ1v) is 9.29. The van der Waals surface area contributed by atoms with Crippen LogP contribution in [0.1, 0.15) is 37.7 Å². The molecule has 0 bridgehead atoms. The molecule has 2 N–H and O–H groups in total. The van der Waals surface area contributed by atoms with Crippen molar-refractivity contribution >= 4 is 17.7 Å². The van der Waals surface area contributed by atoms with Gasteiger partial charge in [0.2, 0.25) is 0 Å². The lowest BCUT2D eigenvalue weighted by Crippen LogP contribution is -2.36. The number of rotatable bonds is 9. The summed E-state index contributed by atoms with van der Waals surface area (Å²) in [5.41, 5.74) is 1.06. The van der Waals surface area contributed by atoms with Gasteiger partial charge in [-0.15, -0.1) is 0 Å². The molecule has 0 saturated heterocycles. The Kier molecular flexibility index (Phi) is 7.06. The standard InChI is InChI=1S/C17H25NO3S/c1-22-10-9-16(17(19)20)18-12-13-5-4-8-15(11-13)21-14-6-2-3-7-14/h4-5,8,11,14,16,18H,2-3,6-7,9-10,12H2,1H3,(H,19,20)/t16-/m0/s1. The molecule has 1 saturated carbocycles. The predicted molar refractivity (Wildman–Crippen MR) is 90.6 cm³/mol. The van der Waals surface area contributed by atoms with Crippen LogP contribution in [-0.4, -0.2) is 35.2 Å². The van der Waals surface area contributed by atoms with Crippen LogP contribution in [0.15, 0.2) is 24.3 Å². The lowest BCUT2D eigenvalue weighted by Gasteiger charge is -2.16. The first-order valence-electron chi connectivity index (χ1n) is 7.90. The van der Waals surface area contributed by atoms with E-state index in [1.165, 1.54) is 12.8 Å². The van der Waals surface area contributed by atoms with Gasteiger partial charge in [0.15, 0.2) is 0 Å². The van der Waals surface area contributed by atoms with Crippen LogP contribution in [0, 0.1) is 0 Å². The van der Waals surface area contributed by atoms with Crippen LogP contribution in [0.5, 0.6) is 5.75 Å². The van der Waals surface area contributed by atoms with Crippen molar-refractivity contribution in [2.24, 2.45) is 0 Å². The van der Waals surface area contributed by atoms with Gasteiger partial charge in [0.25, 0.3) is 0 Å². The fraction of sp³-hybridized carbons (Fsp3) is 0.588. The Morgan fingerprint density at radius 3 is 2.91 bits per heavy atom. The van der Waals surface area contributed by atoms with Crippen molar-refractivity contribution < 1.29 is 14.6 Å².